The zero-order valence-electron chi connectivity index (χ0n) is 18.3. The normalized spacial score (nSPS) is 11.7. The second-order valence-corrected chi connectivity index (χ2v) is 8.58. The van der Waals surface area contributed by atoms with Crippen LogP contribution in [0.1, 0.15) is 24.5 Å². The van der Waals surface area contributed by atoms with Crippen LogP contribution < -0.4 is 15.7 Å². The summed E-state index contributed by atoms with van der Waals surface area (Å²) in [5.74, 6) is -0.0472. The van der Waals surface area contributed by atoms with Gasteiger partial charge in [-0.1, -0.05) is 48.9 Å². The maximum absolute atomic E-state index is 12.9. The van der Waals surface area contributed by atoms with Gasteiger partial charge in [0.25, 0.3) is 0 Å². The highest BCUT2D eigenvalue weighted by atomic mass is 35.5. The molecule has 0 aliphatic rings. The first kappa shape index (κ1) is 24.7. The van der Waals surface area contributed by atoms with E-state index in [-0.39, 0.29) is 23.0 Å². The summed E-state index contributed by atoms with van der Waals surface area (Å²) >= 11 is 7.86. The highest BCUT2D eigenvalue weighted by Crippen LogP contribution is 2.31. The van der Waals surface area contributed by atoms with Gasteiger partial charge in [0.2, 0.25) is 0 Å². The molecule has 1 heterocycles. The second kappa shape index (κ2) is 11.8. The molecule has 3 rings (SSSR count). The fraction of sp³-hybridized carbons (Fsp3) is 0.292. The number of rotatable bonds is 9. The molecule has 0 unspecified atom stereocenters. The quantitative estimate of drug-likeness (QED) is 0.258. The number of ether oxygens (including phenoxy) is 2. The van der Waals surface area contributed by atoms with Gasteiger partial charge < -0.3 is 19.2 Å². The molecule has 1 amide bonds. The molecular formula is C24H24ClNO6S. The monoisotopic (exact) mass is 489 g/mol. The number of hydrogen-bond acceptors (Lipinski definition) is 7. The van der Waals surface area contributed by atoms with Crippen molar-refractivity contribution in [2.75, 3.05) is 12.0 Å². The Morgan fingerprint density at radius 1 is 1.18 bits per heavy atom. The van der Waals surface area contributed by atoms with Gasteiger partial charge in [0, 0.05) is 17.5 Å². The number of carbonyl (C=O) groups is 2. The number of esters is 1. The van der Waals surface area contributed by atoms with Crippen LogP contribution >= 0.6 is 23.4 Å². The fourth-order valence-electron chi connectivity index (χ4n) is 3.17. The van der Waals surface area contributed by atoms with Gasteiger partial charge in [0.1, 0.15) is 18.2 Å². The van der Waals surface area contributed by atoms with Crippen molar-refractivity contribution in [3.05, 3.63) is 75.1 Å². The Balaban J connectivity index is 1.73. The molecule has 33 heavy (non-hydrogen) atoms. The number of alkyl carbamates (subject to hydrolysis) is 1. The van der Waals surface area contributed by atoms with E-state index < -0.39 is 23.7 Å². The van der Waals surface area contributed by atoms with Crippen LogP contribution in [-0.2, 0) is 22.6 Å². The van der Waals surface area contributed by atoms with Gasteiger partial charge in [-0.3, -0.25) is 0 Å². The predicted molar refractivity (Wildman–Crippen MR) is 129 cm³/mol. The van der Waals surface area contributed by atoms with Gasteiger partial charge in [-0.05, 0) is 42.0 Å². The summed E-state index contributed by atoms with van der Waals surface area (Å²) in [7, 11) is 0. The van der Waals surface area contributed by atoms with Gasteiger partial charge >= 0.3 is 17.7 Å². The molecule has 174 valence electrons. The number of hydrogen-bond donors (Lipinski definition) is 1. The number of amides is 1. The smallest absolute Gasteiger partial charge is 0.408 e. The van der Waals surface area contributed by atoms with E-state index in [0.29, 0.717) is 24.0 Å². The van der Waals surface area contributed by atoms with Crippen molar-refractivity contribution in [2.24, 2.45) is 0 Å². The van der Waals surface area contributed by atoms with Crippen LogP contribution in [-0.4, -0.2) is 30.1 Å². The Labute approximate surface area is 200 Å². The summed E-state index contributed by atoms with van der Waals surface area (Å²) < 4.78 is 15.9. The zero-order chi connectivity index (χ0) is 23.8. The minimum Gasteiger partial charge on any atom is -0.445 e. The molecule has 0 aliphatic carbocycles. The van der Waals surface area contributed by atoms with Crippen molar-refractivity contribution in [1.82, 2.24) is 5.32 Å². The first-order valence-electron chi connectivity index (χ1n) is 10.4. The molecule has 1 aromatic heterocycles. The van der Waals surface area contributed by atoms with E-state index in [2.05, 4.69) is 5.32 Å². The molecule has 7 nitrogen and oxygen atoms in total. The molecule has 2 aromatic carbocycles. The maximum Gasteiger partial charge on any atom is 0.408 e. The van der Waals surface area contributed by atoms with Crippen LogP contribution in [0.3, 0.4) is 0 Å². The molecule has 0 fully saturated rings. The third kappa shape index (κ3) is 6.76. The molecular weight excluding hydrogens is 466 g/mol. The van der Waals surface area contributed by atoms with Crippen LogP contribution in [0.25, 0.3) is 11.0 Å². The molecule has 0 saturated carbocycles. The Hall–Kier alpha value is -2.97. The molecule has 0 spiro atoms. The van der Waals surface area contributed by atoms with Gasteiger partial charge in [-0.2, -0.15) is 11.8 Å². The SMILES string of the molecule is CCc1cc(=O)oc2cc(OC(=O)[C@@H](CCSC)NC(=O)OCc3ccccc3)c(Cl)cc12. The number of halogens is 1. The summed E-state index contributed by atoms with van der Waals surface area (Å²) in [6.07, 6.45) is 2.11. The highest BCUT2D eigenvalue weighted by Gasteiger charge is 2.24. The molecule has 0 aliphatic heterocycles. The van der Waals surface area contributed by atoms with E-state index >= 15 is 0 Å². The van der Waals surface area contributed by atoms with E-state index in [1.54, 1.807) is 6.07 Å². The van der Waals surface area contributed by atoms with Gasteiger partial charge in [-0.25, -0.2) is 14.4 Å². The maximum atomic E-state index is 12.9. The van der Waals surface area contributed by atoms with Crippen LogP contribution in [0.5, 0.6) is 5.75 Å². The third-order valence-corrected chi connectivity index (χ3v) is 5.81. The van der Waals surface area contributed by atoms with Crippen LogP contribution in [0.15, 0.2) is 57.7 Å². The Morgan fingerprint density at radius 2 is 1.94 bits per heavy atom. The Kier molecular flexibility index (Phi) is 8.79. The van der Waals surface area contributed by atoms with E-state index in [4.69, 9.17) is 25.5 Å². The molecule has 3 aromatic rings. The minimum absolute atomic E-state index is 0.0409. The molecule has 1 atom stereocenters. The van der Waals surface area contributed by atoms with Crippen molar-refractivity contribution < 1.29 is 23.5 Å². The van der Waals surface area contributed by atoms with Crippen LogP contribution in [0.4, 0.5) is 4.79 Å². The third-order valence-electron chi connectivity index (χ3n) is 4.87. The molecule has 9 heteroatoms. The van der Waals surface area contributed by atoms with Gasteiger partial charge in [0.15, 0.2) is 5.75 Å². The van der Waals surface area contributed by atoms with Crippen molar-refractivity contribution in [1.29, 1.82) is 0 Å². The van der Waals surface area contributed by atoms with Gasteiger partial charge in [-0.15, -0.1) is 0 Å². The molecule has 1 N–H and O–H groups in total. The summed E-state index contributed by atoms with van der Waals surface area (Å²) in [5, 5.41) is 3.42. The predicted octanol–water partition coefficient (Wildman–Crippen LogP) is 4.96. The molecule has 0 saturated heterocycles. The van der Waals surface area contributed by atoms with Crippen molar-refractivity contribution in [3.8, 4) is 5.75 Å². The lowest BCUT2D eigenvalue weighted by Gasteiger charge is -2.18. The van der Waals surface area contributed by atoms with Crippen molar-refractivity contribution in [2.45, 2.75) is 32.4 Å². The summed E-state index contributed by atoms with van der Waals surface area (Å²) in [6.45, 7) is 1.99. The summed E-state index contributed by atoms with van der Waals surface area (Å²) in [5.41, 5.74) is 1.37. The standard InChI is InChI=1S/C24H24ClNO6S/c1-3-16-11-22(27)31-20-13-21(18(25)12-17(16)20)32-23(28)19(9-10-33-2)26-24(29)30-14-15-7-5-4-6-8-15/h4-8,11-13,19H,3,9-10,14H2,1-2H3,(H,26,29)/t19-/m1/s1. The average Bonchev–Trinajstić information content (AvgIpc) is 2.81. The van der Waals surface area contributed by atoms with E-state index in [0.717, 1.165) is 11.1 Å². The molecule has 0 bridgehead atoms. The number of thioether (sulfide) groups is 1. The lowest BCUT2D eigenvalue weighted by molar-refractivity contribution is -0.136. The summed E-state index contributed by atoms with van der Waals surface area (Å²) in [6, 6.07) is 12.7. The number of aryl methyl sites for hydroxylation is 1. The number of benzene rings is 2. The van der Waals surface area contributed by atoms with E-state index in [1.165, 1.54) is 23.9 Å². The first-order chi connectivity index (χ1) is 15.9. The highest BCUT2D eigenvalue weighted by molar-refractivity contribution is 7.98. The van der Waals surface area contributed by atoms with Crippen molar-refractivity contribution >= 4 is 46.4 Å². The minimum atomic E-state index is -0.943. The fourth-order valence-corrected chi connectivity index (χ4v) is 3.84. The van der Waals surface area contributed by atoms with Crippen molar-refractivity contribution in [3.63, 3.8) is 0 Å². The lowest BCUT2D eigenvalue weighted by Crippen LogP contribution is -2.43. The Bertz CT molecular complexity index is 1180. The van der Waals surface area contributed by atoms with E-state index in [9.17, 15) is 14.4 Å². The number of fused-ring (bicyclic) bond motifs is 1. The van der Waals surface area contributed by atoms with Crippen LogP contribution in [0, 0.1) is 0 Å². The largest absolute Gasteiger partial charge is 0.445 e. The average molecular weight is 490 g/mol. The zero-order valence-corrected chi connectivity index (χ0v) is 19.8. The topological polar surface area (TPSA) is 94.8 Å². The van der Waals surface area contributed by atoms with Crippen LogP contribution in [0.2, 0.25) is 5.02 Å². The first-order valence-corrected chi connectivity index (χ1v) is 12.1. The Morgan fingerprint density at radius 3 is 2.64 bits per heavy atom. The summed E-state index contributed by atoms with van der Waals surface area (Å²) in [4.78, 5) is 36.9. The molecule has 0 radical (unpaired) electrons. The van der Waals surface area contributed by atoms with Gasteiger partial charge in [0.05, 0.1) is 5.02 Å². The second-order valence-electron chi connectivity index (χ2n) is 7.18. The lowest BCUT2D eigenvalue weighted by atomic mass is 10.1. The number of nitrogens with one attached hydrogen (secondary N) is 1. The number of carbonyl (C=O) groups excluding carboxylic acids is 2. The van der Waals surface area contributed by atoms with E-state index in [1.807, 2.05) is 43.5 Å².